The summed E-state index contributed by atoms with van der Waals surface area (Å²) in [5, 5.41) is 0.869. The maximum absolute atomic E-state index is 12.7. The first-order valence-electron chi connectivity index (χ1n) is 8.06. The van der Waals surface area contributed by atoms with Crippen LogP contribution in [0.2, 0.25) is 10.0 Å². The number of likely N-dealkylation sites (tertiary alicyclic amines) is 1. The zero-order valence-electron chi connectivity index (χ0n) is 13.5. The average molecular weight is 381 g/mol. The zero-order valence-corrected chi connectivity index (χ0v) is 15.0. The lowest BCUT2D eigenvalue weighted by atomic mass is 10.0. The minimum Gasteiger partial charge on any atom is -0.334 e. The van der Waals surface area contributed by atoms with Crippen LogP contribution in [-0.2, 0) is 0 Å². The number of nitrogens with zero attached hydrogens (tertiary/aromatic N) is 2. The largest absolute Gasteiger partial charge is 0.334 e. The van der Waals surface area contributed by atoms with Crippen LogP contribution in [0.15, 0.2) is 29.2 Å². The average Bonchev–Trinajstić information content (AvgIpc) is 2.60. The molecule has 1 fully saturated rings. The summed E-state index contributed by atoms with van der Waals surface area (Å²) in [7, 11) is 0. The summed E-state index contributed by atoms with van der Waals surface area (Å²) in [6.45, 7) is 0.988. The highest BCUT2D eigenvalue weighted by Gasteiger charge is 2.28. The van der Waals surface area contributed by atoms with E-state index in [0.717, 1.165) is 19.3 Å². The molecule has 0 bridgehead atoms. The fourth-order valence-corrected chi connectivity index (χ4v) is 3.58. The normalized spacial score (nSPS) is 17.6. The molecule has 132 valence electrons. The van der Waals surface area contributed by atoms with Crippen molar-refractivity contribution in [1.29, 1.82) is 0 Å². The highest BCUT2D eigenvalue weighted by Crippen LogP contribution is 2.24. The maximum Gasteiger partial charge on any atom is 0.264 e. The van der Waals surface area contributed by atoms with Gasteiger partial charge in [-0.2, -0.15) is 0 Å². The molecule has 1 aromatic heterocycles. The molecule has 1 amide bonds. The molecular formula is C17H18Cl2N4O2. The summed E-state index contributed by atoms with van der Waals surface area (Å²) in [6, 6.07) is 4.84. The van der Waals surface area contributed by atoms with Crippen molar-refractivity contribution in [1.82, 2.24) is 14.9 Å². The van der Waals surface area contributed by atoms with E-state index in [-0.39, 0.29) is 17.5 Å². The van der Waals surface area contributed by atoms with Crippen molar-refractivity contribution in [3.05, 3.63) is 50.4 Å². The van der Waals surface area contributed by atoms with Crippen molar-refractivity contribution in [2.24, 2.45) is 5.73 Å². The Morgan fingerprint density at radius 3 is 2.64 bits per heavy atom. The molecule has 0 radical (unpaired) electrons. The number of halogens is 2. The first-order valence-corrected chi connectivity index (χ1v) is 8.82. The first-order chi connectivity index (χ1) is 12.0. The number of H-pyrrole nitrogens is 1. The number of carbonyl (C=O) groups is 1. The minimum absolute atomic E-state index is 0.0113. The van der Waals surface area contributed by atoms with Crippen LogP contribution in [0.4, 0.5) is 0 Å². The summed E-state index contributed by atoms with van der Waals surface area (Å²) < 4.78 is 0. The van der Waals surface area contributed by atoms with Gasteiger partial charge in [-0.05, 0) is 37.5 Å². The number of benzene rings is 1. The van der Waals surface area contributed by atoms with Crippen LogP contribution >= 0.6 is 23.2 Å². The van der Waals surface area contributed by atoms with Crippen LogP contribution < -0.4 is 11.3 Å². The Balaban J connectivity index is 1.91. The molecule has 25 heavy (non-hydrogen) atoms. The SMILES string of the molecule is NC[C@H]1CCCCN1C(=O)c1cnc(-c2cc(Cl)cc(Cl)c2)[nH]c1=O. The molecule has 6 nitrogen and oxygen atoms in total. The maximum atomic E-state index is 12.7. The topological polar surface area (TPSA) is 92.1 Å². The second-order valence-electron chi connectivity index (χ2n) is 6.02. The van der Waals surface area contributed by atoms with E-state index in [0.29, 0.717) is 34.5 Å². The molecule has 0 spiro atoms. The fraction of sp³-hybridized carbons (Fsp3) is 0.353. The fourth-order valence-electron chi connectivity index (χ4n) is 3.05. The Labute approximate surface area is 155 Å². The molecule has 3 N–H and O–H groups in total. The van der Waals surface area contributed by atoms with Crippen LogP contribution in [0.5, 0.6) is 0 Å². The van der Waals surface area contributed by atoms with E-state index in [1.807, 2.05) is 0 Å². The Morgan fingerprint density at radius 1 is 1.28 bits per heavy atom. The number of nitrogens with two attached hydrogens (primary N) is 1. The van der Waals surface area contributed by atoms with Crippen LogP contribution in [0.3, 0.4) is 0 Å². The Kier molecular flexibility index (Phi) is 5.42. The number of rotatable bonds is 3. The predicted molar refractivity (Wildman–Crippen MR) is 98.0 cm³/mol. The second-order valence-corrected chi connectivity index (χ2v) is 6.89. The monoisotopic (exact) mass is 380 g/mol. The molecule has 0 saturated carbocycles. The van der Waals surface area contributed by atoms with Gasteiger partial charge in [0.05, 0.1) is 0 Å². The molecule has 2 aromatic rings. The van der Waals surface area contributed by atoms with Crippen molar-refractivity contribution in [3.8, 4) is 11.4 Å². The summed E-state index contributed by atoms with van der Waals surface area (Å²) in [6.07, 6.45) is 4.10. The van der Waals surface area contributed by atoms with Gasteiger partial charge < -0.3 is 15.6 Å². The standard InChI is InChI=1S/C17H18Cl2N4O2/c18-11-5-10(6-12(19)7-11)15-21-9-14(16(24)22-15)17(25)23-4-2-1-3-13(23)8-20/h5-7,9,13H,1-4,8,20H2,(H,21,22,24)/t13-/m1/s1. The number of carbonyl (C=O) groups excluding carboxylic acids is 1. The van der Waals surface area contributed by atoms with Gasteiger partial charge in [-0.1, -0.05) is 23.2 Å². The lowest BCUT2D eigenvalue weighted by Gasteiger charge is -2.34. The number of hydrogen-bond acceptors (Lipinski definition) is 4. The third kappa shape index (κ3) is 3.86. The van der Waals surface area contributed by atoms with Gasteiger partial charge >= 0.3 is 0 Å². The van der Waals surface area contributed by atoms with E-state index in [1.54, 1.807) is 23.1 Å². The molecule has 1 aromatic carbocycles. The van der Waals surface area contributed by atoms with Crippen molar-refractivity contribution in [2.45, 2.75) is 25.3 Å². The second kappa shape index (κ2) is 7.56. The number of amides is 1. The van der Waals surface area contributed by atoms with Crippen LogP contribution in [0.25, 0.3) is 11.4 Å². The first kappa shape index (κ1) is 17.9. The van der Waals surface area contributed by atoms with Gasteiger partial charge in [-0.3, -0.25) is 9.59 Å². The number of hydrogen-bond donors (Lipinski definition) is 2. The molecule has 0 unspecified atom stereocenters. The van der Waals surface area contributed by atoms with Gasteiger partial charge in [0, 0.05) is 40.9 Å². The van der Waals surface area contributed by atoms with E-state index in [4.69, 9.17) is 28.9 Å². The summed E-state index contributed by atoms with van der Waals surface area (Å²) in [5.74, 6) is -0.0282. The molecule has 0 aliphatic carbocycles. The molecule has 1 atom stereocenters. The molecule has 1 saturated heterocycles. The van der Waals surface area contributed by atoms with E-state index in [9.17, 15) is 9.59 Å². The highest BCUT2D eigenvalue weighted by atomic mass is 35.5. The van der Waals surface area contributed by atoms with Crippen molar-refractivity contribution >= 4 is 29.1 Å². The van der Waals surface area contributed by atoms with Gasteiger partial charge in [0.15, 0.2) is 0 Å². The van der Waals surface area contributed by atoms with E-state index in [2.05, 4.69) is 9.97 Å². The number of nitrogens with one attached hydrogen (secondary N) is 1. The smallest absolute Gasteiger partial charge is 0.264 e. The van der Waals surface area contributed by atoms with E-state index >= 15 is 0 Å². The third-order valence-corrected chi connectivity index (χ3v) is 4.76. The Hall–Kier alpha value is -1.89. The van der Waals surface area contributed by atoms with Gasteiger partial charge in [0.25, 0.3) is 11.5 Å². The Morgan fingerprint density at radius 2 is 2.00 bits per heavy atom. The van der Waals surface area contributed by atoms with Crippen molar-refractivity contribution < 1.29 is 4.79 Å². The van der Waals surface area contributed by atoms with Gasteiger partial charge in [0.1, 0.15) is 11.4 Å². The molecule has 2 heterocycles. The summed E-state index contributed by atoms with van der Waals surface area (Å²) in [4.78, 5) is 33.7. The minimum atomic E-state index is -0.493. The van der Waals surface area contributed by atoms with Crippen LogP contribution in [-0.4, -0.2) is 39.9 Å². The van der Waals surface area contributed by atoms with Crippen LogP contribution in [0, 0.1) is 0 Å². The van der Waals surface area contributed by atoms with E-state index in [1.165, 1.54) is 6.20 Å². The molecule has 8 heteroatoms. The molecule has 1 aliphatic rings. The van der Waals surface area contributed by atoms with Gasteiger partial charge in [0.2, 0.25) is 0 Å². The lowest BCUT2D eigenvalue weighted by Crippen LogP contribution is -2.48. The van der Waals surface area contributed by atoms with Gasteiger partial charge in [-0.25, -0.2) is 4.98 Å². The van der Waals surface area contributed by atoms with Crippen molar-refractivity contribution in [3.63, 3.8) is 0 Å². The lowest BCUT2D eigenvalue weighted by molar-refractivity contribution is 0.0621. The Bertz CT molecular complexity index is 833. The summed E-state index contributed by atoms with van der Waals surface area (Å²) in [5.41, 5.74) is 5.85. The van der Waals surface area contributed by atoms with Crippen LogP contribution in [0.1, 0.15) is 29.6 Å². The van der Waals surface area contributed by atoms with Gasteiger partial charge in [-0.15, -0.1) is 0 Å². The molecular weight excluding hydrogens is 363 g/mol. The van der Waals surface area contributed by atoms with E-state index < -0.39 is 5.56 Å². The third-order valence-electron chi connectivity index (χ3n) is 4.33. The molecule has 3 rings (SSSR count). The molecule has 1 aliphatic heterocycles. The quantitative estimate of drug-likeness (QED) is 0.855. The zero-order chi connectivity index (χ0) is 18.0. The number of aromatic amines is 1. The highest BCUT2D eigenvalue weighted by molar-refractivity contribution is 6.35. The number of aromatic nitrogens is 2. The predicted octanol–water partition coefficient (Wildman–Crippen LogP) is 2.70. The summed E-state index contributed by atoms with van der Waals surface area (Å²) >= 11 is 12.0. The van der Waals surface area contributed by atoms with Crippen molar-refractivity contribution in [2.75, 3.05) is 13.1 Å². The number of piperidine rings is 1.